The topological polar surface area (TPSA) is 29.5 Å². The van der Waals surface area contributed by atoms with Crippen LogP contribution >= 0.6 is 11.6 Å². The number of rotatable bonds is 2. The zero-order valence-electron chi connectivity index (χ0n) is 6.14. The highest BCUT2D eigenvalue weighted by Gasteiger charge is 2.37. The van der Waals surface area contributed by atoms with Crippen LogP contribution in [0.15, 0.2) is 0 Å². The fourth-order valence-corrected chi connectivity index (χ4v) is 1.55. The van der Waals surface area contributed by atoms with Crippen molar-refractivity contribution in [1.29, 1.82) is 0 Å². The molecule has 1 saturated heterocycles. The van der Waals surface area contributed by atoms with Gasteiger partial charge < -0.3 is 9.84 Å². The SMILES string of the molecule is C[C@H]1CC[C@](CO)(CCl)O1. The molecule has 0 aromatic carbocycles. The molecule has 0 amide bonds. The Balaban J connectivity index is 2.51. The second kappa shape index (κ2) is 3.07. The molecule has 2 nitrogen and oxygen atoms in total. The summed E-state index contributed by atoms with van der Waals surface area (Å²) in [7, 11) is 0. The van der Waals surface area contributed by atoms with Gasteiger partial charge >= 0.3 is 0 Å². The maximum absolute atomic E-state index is 8.92. The smallest absolute Gasteiger partial charge is 0.105 e. The molecule has 2 atom stereocenters. The van der Waals surface area contributed by atoms with Gasteiger partial charge in [0.15, 0.2) is 0 Å². The summed E-state index contributed by atoms with van der Waals surface area (Å²) in [5.41, 5.74) is -0.430. The van der Waals surface area contributed by atoms with E-state index in [1.165, 1.54) is 0 Å². The van der Waals surface area contributed by atoms with Gasteiger partial charge in [-0.05, 0) is 19.8 Å². The first-order valence-electron chi connectivity index (χ1n) is 3.57. The molecule has 0 aromatic heterocycles. The number of ether oxygens (including phenoxy) is 1. The first kappa shape index (κ1) is 8.31. The molecular weight excluding hydrogens is 152 g/mol. The Morgan fingerprint density at radius 1 is 1.80 bits per heavy atom. The van der Waals surface area contributed by atoms with E-state index in [1.54, 1.807) is 0 Å². The predicted octanol–water partition coefficient (Wildman–Crippen LogP) is 1.16. The van der Waals surface area contributed by atoms with Gasteiger partial charge in [0, 0.05) is 0 Å². The van der Waals surface area contributed by atoms with Crippen LogP contribution in [0.4, 0.5) is 0 Å². The van der Waals surface area contributed by atoms with Gasteiger partial charge in [-0.2, -0.15) is 0 Å². The number of aliphatic hydroxyl groups excluding tert-OH is 1. The molecule has 1 aliphatic heterocycles. The van der Waals surface area contributed by atoms with Crippen LogP contribution in [-0.4, -0.2) is 29.3 Å². The van der Waals surface area contributed by atoms with E-state index >= 15 is 0 Å². The zero-order valence-corrected chi connectivity index (χ0v) is 6.90. The van der Waals surface area contributed by atoms with Crippen molar-refractivity contribution >= 4 is 11.6 Å². The van der Waals surface area contributed by atoms with Crippen molar-refractivity contribution in [2.75, 3.05) is 12.5 Å². The first-order chi connectivity index (χ1) is 4.72. The average molecular weight is 165 g/mol. The molecule has 1 aliphatic rings. The van der Waals surface area contributed by atoms with E-state index in [9.17, 15) is 0 Å². The van der Waals surface area contributed by atoms with Crippen molar-refractivity contribution in [3.63, 3.8) is 0 Å². The first-order valence-corrected chi connectivity index (χ1v) is 4.10. The second-order valence-corrected chi connectivity index (χ2v) is 3.21. The van der Waals surface area contributed by atoms with Crippen molar-refractivity contribution in [3.05, 3.63) is 0 Å². The van der Waals surface area contributed by atoms with E-state index in [0.717, 1.165) is 12.8 Å². The van der Waals surface area contributed by atoms with E-state index in [4.69, 9.17) is 21.4 Å². The molecule has 0 spiro atoms. The molecule has 0 bridgehead atoms. The quantitative estimate of drug-likeness (QED) is 0.621. The summed E-state index contributed by atoms with van der Waals surface area (Å²) in [5, 5.41) is 8.92. The van der Waals surface area contributed by atoms with Crippen molar-refractivity contribution in [1.82, 2.24) is 0 Å². The zero-order chi connectivity index (χ0) is 7.61. The summed E-state index contributed by atoms with van der Waals surface area (Å²) in [6, 6.07) is 0. The summed E-state index contributed by atoms with van der Waals surface area (Å²) in [4.78, 5) is 0. The van der Waals surface area contributed by atoms with E-state index in [-0.39, 0.29) is 12.7 Å². The maximum atomic E-state index is 8.92. The molecule has 1 fully saturated rings. The van der Waals surface area contributed by atoms with Gasteiger partial charge in [0.05, 0.1) is 18.6 Å². The minimum atomic E-state index is -0.430. The van der Waals surface area contributed by atoms with Gasteiger partial charge in [-0.1, -0.05) is 0 Å². The lowest BCUT2D eigenvalue weighted by atomic mass is 10.0. The predicted molar refractivity (Wildman–Crippen MR) is 40.3 cm³/mol. The van der Waals surface area contributed by atoms with Crippen LogP contribution < -0.4 is 0 Å². The van der Waals surface area contributed by atoms with E-state index in [1.807, 2.05) is 6.92 Å². The van der Waals surface area contributed by atoms with Crippen LogP contribution in [0.5, 0.6) is 0 Å². The lowest BCUT2D eigenvalue weighted by Crippen LogP contribution is -2.35. The average Bonchev–Trinajstić information content (AvgIpc) is 2.33. The highest BCUT2D eigenvalue weighted by Crippen LogP contribution is 2.30. The van der Waals surface area contributed by atoms with Gasteiger partial charge in [-0.3, -0.25) is 0 Å². The number of halogens is 1. The molecule has 60 valence electrons. The Morgan fingerprint density at radius 2 is 2.50 bits per heavy atom. The van der Waals surface area contributed by atoms with Gasteiger partial charge in [0.2, 0.25) is 0 Å². The summed E-state index contributed by atoms with van der Waals surface area (Å²) >= 11 is 5.65. The van der Waals surface area contributed by atoms with Crippen LogP contribution in [0.2, 0.25) is 0 Å². The summed E-state index contributed by atoms with van der Waals surface area (Å²) in [5.74, 6) is 0.397. The van der Waals surface area contributed by atoms with Crippen LogP contribution in [0, 0.1) is 0 Å². The van der Waals surface area contributed by atoms with Crippen LogP contribution in [0.1, 0.15) is 19.8 Å². The molecule has 3 heteroatoms. The number of hydrogen-bond donors (Lipinski definition) is 1. The van der Waals surface area contributed by atoms with Crippen molar-refractivity contribution in [3.8, 4) is 0 Å². The summed E-state index contributed by atoms with van der Waals surface area (Å²) in [6.07, 6.45) is 2.15. The van der Waals surface area contributed by atoms with Crippen LogP contribution in [0.3, 0.4) is 0 Å². The fourth-order valence-electron chi connectivity index (χ4n) is 1.27. The van der Waals surface area contributed by atoms with E-state index < -0.39 is 5.60 Å². The third-order valence-electron chi connectivity index (χ3n) is 1.99. The normalized spacial score (nSPS) is 40.5. The highest BCUT2D eigenvalue weighted by molar-refractivity contribution is 6.18. The molecule has 1 N–H and O–H groups in total. The van der Waals surface area contributed by atoms with Gasteiger partial charge in [0.25, 0.3) is 0 Å². The third-order valence-corrected chi connectivity index (χ3v) is 2.48. The summed E-state index contributed by atoms with van der Waals surface area (Å²) < 4.78 is 5.47. The van der Waals surface area contributed by atoms with Gasteiger partial charge in [-0.15, -0.1) is 11.6 Å². The van der Waals surface area contributed by atoms with E-state index in [0.29, 0.717) is 5.88 Å². The van der Waals surface area contributed by atoms with Crippen molar-refractivity contribution < 1.29 is 9.84 Å². The molecule has 0 saturated carbocycles. The van der Waals surface area contributed by atoms with Crippen molar-refractivity contribution in [2.24, 2.45) is 0 Å². The molecule has 0 radical (unpaired) electrons. The van der Waals surface area contributed by atoms with Crippen LogP contribution in [-0.2, 0) is 4.74 Å². The lowest BCUT2D eigenvalue weighted by molar-refractivity contribution is -0.0519. The monoisotopic (exact) mass is 164 g/mol. The Labute approximate surface area is 66.1 Å². The minimum absolute atomic E-state index is 0.0425. The van der Waals surface area contributed by atoms with Gasteiger partial charge in [-0.25, -0.2) is 0 Å². The Hall–Kier alpha value is 0.210. The van der Waals surface area contributed by atoms with Gasteiger partial charge in [0.1, 0.15) is 5.60 Å². The molecule has 1 heterocycles. The third kappa shape index (κ3) is 1.44. The Morgan fingerprint density at radius 3 is 2.70 bits per heavy atom. The molecule has 1 rings (SSSR count). The Kier molecular flexibility index (Phi) is 2.55. The molecule has 10 heavy (non-hydrogen) atoms. The second-order valence-electron chi connectivity index (χ2n) is 2.94. The van der Waals surface area contributed by atoms with Crippen molar-refractivity contribution in [2.45, 2.75) is 31.5 Å². The van der Waals surface area contributed by atoms with E-state index in [2.05, 4.69) is 0 Å². The maximum Gasteiger partial charge on any atom is 0.105 e. The summed E-state index contributed by atoms with van der Waals surface area (Å²) in [6.45, 7) is 2.05. The molecular formula is C7H13ClO2. The largest absolute Gasteiger partial charge is 0.393 e. The van der Waals surface area contributed by atoms with Crippen LogP contribution in [0.25, 0.3) is 0 Å². The molecule has 0 aromatic rings. The Bertz CT molecular complexity index is 112. The number of hydrogen-bond acceptors (Lipinski definition) is 2. The highest BCUT2D eigenvalue weighted by atomic mass is 35.5. The molecule has 0 unspecified atom stereocenters. The fraction of sp³-hybridized carbons (Fsp3) is 1.00. The standard InChI is InChI=1S/C7H13ClO2/c1-6-2-3-7(4-8,5-9)10-6/h6,9H,2-5H2,1H3/t6-,7+/m0/s1. The number of alkyl halides is 1. The lowest BCUT2D eigenvalue weighted by Gasteiger charge is -2.23. The minimum Gasteiger partial charge on any atom is -0.393 e. The number of aliphatic hydroxyl groups is 1. The molecule has 0 aliphatic carbocycles.